The number of fused-ring (bicyclic) bond motifs is 1. The fourth-order valence-electron chi connectivity index (χ4n) is 3.47. The van der Waals surface area contributed by atoms with Crippen LogP contribution >= 0.6 is 0 Å². The maximum atomic E-state index is 11.6. The lowest BCUT2D eigenvalue weighted by Crippen LogP contribution is -2.34. The van der Waals surface area contributed by atoms with E-state index >= 15 is 0 Å². The Morgan fingerprint density at radius 3 is 2.33 bits per heavy atom. The quantitative estimate of drug-likeness (QED) is 0.372. The summed E-state index contributed by atoms with van der Waals surface area (Å²) in [7, 11) is 0. The number of benzene rings is 1. The van der Waals surface area contributed by atoms with Crippen molar-refractivity contribution in [3.63, 3.8) is 0 Å². The molecule has 2 rings (SSSR count). The predicted octanol–water partition coefficient (Wildman–Crippen LogP) is 4.56. The van der Waals surface area contributed by atoms with Crippen LogP contribution in [-0.2, 0) is 20.4 Å². The van der Waals surface area contributed by atoms with Gasteiger partial charge in [0.1, 0.15) is 0 Å². The van der Waals surface area contributed by atoms with E-state index in [1.165, 1.54) is 11.1 Å². The Hall–Kier alpha value is -1.84. The number of carbonyl (C=O) groups excluding carboxylic acids is 1. The molecule has 1 N–H and O–H groups in total. The lowest BCUT2D eigenvalue weighted by molar-refractivity contribution is -0.142. The fourth-order valence-corrected chi connectivity index (χ4v) is 3.47. The summed E-state index contributed by atoms with van der Waals surface area (Å²) in [6, 6.07) is 6.29. The first-order chi connectivity index (χ1) is 11.2. The van der Waals surface area contributed by atoms with Gasteiger partial charge in [0.2, 0.25) is 0 Å². The number of hydrogen-bond acceptors (Lipinski definition) is 4. The molecule has 0 radical (unpaired) electrons. The van der Waals surface area contributed by atoms with Crippen molar-refractivity contribution in [2.24, 2.45) is 5.16 Å². The van der Waals surface area contributed by atoms with Crippen molar-refractivity contribution in [1.82, 2.24) is 0 Å². The Morgan fingerprint density at radius 1 is 1.12 bits per heavy atom. The Bertz CT molecular complexity index is 644. The number of hydrogen-bond donors (Lipinski definition) is 1. The molecule has 0 spiro atoms. The average Bonchev–Trinajstić information content (AvgIpc) is 2.53. The lowest BCUT2D eigenvalue weighted by Gasteiger charge is -2.42. The van der Waals surface area contributed by atoms with Crippen LogP contribution in [-0.4, -0.2) is 23.5 Å². The molecule has 0 fully saturated rings. The molecule has 4 heteroatoms. The second-order valence-electron chi connectivity index (χ2n) is 7.88. The third-order valence-electron chi connectivity index (χ3n) is 5.18. The predicted molar refractivity (Wildman–Crippen MR) is 95.9 cm³/mol. The van der Waals surface area contributed by atoms with E-state index in [1.54, 1.807) is 6.92 Å². The highest BCUT2D eigenvalue weighted by atomic mass is 16.5. The van der Waals surface area contributed by atoms with Gasteiger partial charge in [0.05, 0.1) is 18.7 Å². The van der Waals surface area contributed by atoms with Gasteiger partial charge in [-0.3, -0.25) is 4.79 Å². The summed E-state index contributed by atoms with van der Waals surface area (Å²) in [5.41, 5.74) is 4.35. The molecular weight excluding hydrogens is 302 g/mol. The second-order valence-corrected chi connectivity index (χ2v) is 7.88. The zero-order chi connectivity index (χ0) is 18.0. The largest absolute Gasteiger partial charge is 0.466 e. The van der Waals surface area contributed by atoms with Gasteiger partial charge in [-0.25, -0.2) is 0 Å². The van der Waals surface area contributed by atoms with E-state index in [2.05, 4.69) is 45.0 Å². The normalized spacial score (nSPS) is 18.8. The molecule has 0 atom stereocenters. The van der Waals surface area contributed by atoms with Crippen molar-refractivity contribution in [2.45, 2.75) is 71.1 Å². The van der Waals surface area contributed by atoms with Crippen LogP contribution in [0.5, 0.6) is 0 Å². The van der Waals surface area contributed by atoms with Crippen molar-refractivity contribution in [3.8, 4) is 0 Å². The van der Waals surface area contributed by atoms with Gasteiger partial charge in [-0.05, 0) is 53.4 Å². The number of rotatable bonds is 5. The molecule has 132 valence electrons. The van der Waals surface area contributed by atoms with Crippen LogP contribution < -0.4 is 0 Å². The SMILES string of the molecule is CCOC(=O)CCC(=NO)c1ccc2c(c1)C(C)(C)CCC2(C)C. The lowest BCUT2D eigenvalue weighted by atomic mass is 9.63. The monoisotopic (exact) mass is 331 g/mol. The minimum Gasteiger partial charge on any atom is -0.466 e. The topological polar surface area (TPSA) is 58.9 Å². The molecule has 0 saturated heterocycles. The van der Waals surface area contributed by atoms with Gasteiger partial charge in [-0.1, -0.05) is 45.0 Å². The Labute approximate surface area is 144 Å². The molecule has 0 heterocycles. The van der Waals surface area contributed by atoms with Gasteiger partial charge in [-0.15, -0.1) is 0 Å². The van der Waals surface area contributed by atoms with E-state index in [0.29, 0.717) is 18.7 Å². The summed E-state index contributed by atoms with van der Waals surface area (Å²) >= 11 is 0. The summed E-state index contributed by atoms with van der Waals surface area (Å²) < 4.78 is 4.95. The molecule has 1 aromatic carbocycles. The van der Waals surface area contributed by atoms with Gasteiger partial charge in [0.15, 0.2) is 0 Å². The third kappa shape index (κ3) is 3.80. The highest BCUT2D eigenvalue weighted by molar-refractivity contribution is 6.01. The first-order valence-corrected chi connectivity index (χ1v) is 8.73. The van der Waals surface area contributed by atoms with E-state index in [-0.39, 0.29) is 23.2 Å². The molecule has 1 aliphatic rings. The van der Waals surface area contributed by atoms with E-state index in [0.717, 1.165) is 18.4 Å². The summed E-state index contributed by atoms with van der Waals surface area (Å²) in [6.07, 6.45) is 2.89. The van der Waals surface area contributed by atoms with Crippen LogP contribution in [0.3, 0.4) is 0 Å². The van der Waals surface area contributed by atoms with Gasteiger partial charge in [0, 0.05) is 6.42 Å². The molecule has 0 aromatic heterocycles. The van der Waals surface area contributed by atoms with Crippen LogP contribution in [0.15, 0.2) is 23.4 Å². The fraction of sp³-hybridized carbons (Fsp3) is 0.600. The summed E-state index contributed by atoms with van der Waals surface area (Å²) in [5, 5.41) is 12.8. The molecule has 0 bridgehead atoms. The minimum atomic E-state index is -0.266. The molecular formula is C20H29NO3. The van der Waals surface area contributed by atoms with Crippen LogP contribution in [0, 0.1) is 0 Å². The van der Waals surface area contributed by atoms with Crippen molar-refractivity contribution in [2.75, 3.05) is 6.61 Å². The van der Waals surface area contributed by atoms with Gasteiger partial charge < -0.3 is 9.94 Å². The summed E-state index contributed by atoms with van der Waals surface area (Å²) in [5.74, 6) is -0.266. The average molecular weight is 331 g/mol. The molecule has 1 aliphatic carbocycles. The Balaban J connectivity index is 2.30. The van der Waals surface area contributed by atoms with E-state index < -0.39 is 0 Å². The molecule has 0 aliphatic heterocycles. The number of ether oxygens (including phenoxy) is 1. The van der Waals surface area contributed by atoms with Crippen molar-refractivity contribution >= 4 is 11.7 Å². The van der Waals surface area contributed by atoms with Crippen LogP contribution in [0.4, 0.5) is 0 Å². The van der Waals surface area contributed by atoms with Crippen LogP contribution in [0.2, 0.25) is 0 Å². The molecule has 0 unspecified atom stereocenters. The third-order valence-corrected chi connectivity index (χ3v) is 5.18. The van der Waals surface area contributed by atoms with E-state index in [4.69, 9.17) is 4.74 Å². The summed E-state index contributed by atoms with van der Waals surface area (Å²) in [4.78, 5) is 11.6. The van der Waals surface area contributed by atoms with Crippen LogP contribution in [0.25, 0.3) is 0 Å². The van der Waals surface area contributed by atoms with Crippen molar-refractivity contribution in [1.29, 1.82) is 0 Å². The highest BCUT2D eigenvalue weighted by Crippen LogP contribution is 2.45. The van der Waals surface area contributed by atoms with Crippen LogP contribution in [0.1, 0.15) is 77.0 Å². The highest BCUT2D eigenvalue weighted by Gasteiger charge is 2.37. The first-order valence-electron chi connectivity index (χ1n) is 8.73. The second kappa shape index (κ2) is 6.96. The van der Waals surface area contributed by atoms with Gasteiger partial charge in [-0.2, -0.15) is 0 Å². The van der Waals surface area contributed by atoms with Crippen molar-refractivity contribution < 1.29 is 14.7 Å². The first kappa shape index (κ1) is 18.5. The zero-order valence-corrected chi connectivity index (χ0v) is 15.5. The van der Waals surface area contributed by atoms with Gasteiger partial charge in [0.25, 0.3) is 0 Å². The molecule has 0 saturated carbocycles. The maximum Gasteiger partial charge on any atom is 0.306 e. The number of carbonyl (C=O) groups is 1. The standard InChI is InChI=1S/C20H29NO3/c1-6-24-18(22)10-9-17(21-23)14-7-8-15-16(13-14)20(4,5)12-11-19(15,2)3/h7-8,13,23H,6,9-12H2,1-5H3. The Morgan fingerprint density at radius 2 is 1.75 bits per heavy atom. The molecule has 0 amide bonds. The van der Waals surface area contributed by atoms with E-state index in [9.17, 15) is 10.0 Å². The molecule has 1 aromatic rings. The zero-order valence-electron chi connectivity index (χ0n) is 15.5. The van der Waals surface area contributed by atoms with Gasteiger partial charge >= 0.3 is 5.97 Å². The smallest absolute Gasteiger partial charge is 0.306 e. The minimum absolute atomic E-state index is 0.0998. The molecule has 4 nitrogen and oxygen atoms in total. The van der Waals surface area contributed by atoms with Crippen molar-refractivity contribution in [3.05, 3.63) is 34.9 Å². The number of esters is 1. The number of oxime groups is 1. The number of nitrogens with zero attached hydrogens (tertiary/aromatic N) is 1. The van der Waals surface area contributed by atoms with E-state index in [1.807, 2.05) is 6.07 Å². The summed E-state index contributed by atoms with van der Waals surface area (Å²) in [6.45, 7) is 11.2. The Kier molecular flexibility index (Phi) is 5.36. The molecule has 24 heavy (non-hydrogen) atoms. The maximum absolute atomic E-state index is 11.6.